The van der Waals surface area contributed by atoms with Crippen LogP contribution in [0.4, 0.5) is 5.69 Å². The average Bonchev–Trinajstić information content (AvgIpc) is 2.50. The largest absolute Gasteiger partial charge is 0.339 e. The van der Waals surface area contributed by atoms with E-state index in [1.54, 1.807) is 13.0 Å². The summed E-state index contributed by atoms with van der Waals surface area (Å²) in [6.07, 6.45) is 0. The second kappa shape index (κ2) is 7.33. The number of nitro groups is 1. The minimum Gasteiger partial charge on any atom is -0.339 e. The zero-order valence-corrected chi connectivity index (χ0v) is 13.0. The monoisotopic (exact) mass is 306 g/mol. The lowest BCUT2D eigenvalue weighted by molar-refractivity contribution is -0.385. The molecule has 1 aromatic carbocycles. The Morgan fingerprint density at radius 1 is 1.41 bits per heavy atom. The maximum absolute atomic E-state index is 12.2. The topological polar surface area (TPSA) is 78.7 Å². The van der Waals surface area contributed by atoms with Crippen molar-refractivity contribution in [2.24, 2.45) is 0 Å². The van der Waals surface area contributed by atoms with Crippen LogP contribution in [-0.4, -0.2) is 60.4 Å². The lowest BCUT2D eigenvalue weighted by atomic mass is 10.1. The second-order valence-electron chi connectivity index (χ2n) is 5.62. The third-order valence-electron chi connectivity index (χ3n) is 3.93. The number of likely N-dealkylation sites (N-methyl/N-ethyl adjacent to an activating group) is 1. The van der Waals surface area contributed by atoms with Gasteiger partial charge in [-0.2, -0.15) is 0 Å². The van der Waals surface area contributed by atoms with Crippen LogP contribution in [0.25, 0.3) is 0 Å². The molecule has 0 bridgehead atoms. The highest BCUT2D eigenvalue weighted by Crippen LogP contribution is 2.21. The Kier molecular flexibility index (Phi) is 5.46. The summed E-state index contributed by atoms with van der Waals surface area (Å²) in [5, 5.41) is 14.2. The van der Waals surface area contributed by atoms with E-state index in [0.29, 0.717) is 18.7 Å². The molecule has 1 heterocycles. The number of nitrogens with zero attached hydrogens (tertiary/aromatic N) is 3. The number of nitro benzene ring substituents is 1. The Labute approximate surface area is 130 Å². The van der Waals surface area contributed by atoms with Gasteiger partial charge in [-0.15, -0.1) is 0 Å². The quantitative estimate of drug-likeness (QED) is 0.642. The number of nitrogens with one attached hydrogen (secondary N) is 1. The van der Waals surface area contributed by atoms with Gasteiger partial charge in [-0.25, -0.2) is 0 Å². The molecule has 0 atom stereocenters. The van der Waals surface area contributed by atoms with Crippen molar-refractivity contribution in [1.82, 2.24) is 15.1 Å². The number of benzene rings is 1. The van der Waals surface area contributed by atoms with E-state index in [0.717, 1.165) is 31.7 Å². The Bertz CT molecular complexity index is 556. The third kappa shape index (κ3) is 4.02. The highest BCUT2D eigenvalue weighted by molar-refractivity contribution is 5.78. The van der Waals surface area contributed by atoms with Gasteiger partial charge in [-0.1, -0.05) is 12.1 Å². The Hall–Kier alpha value is -1.99. The van der Waals surface area contributed by atoms with Gasteiger partial charge in [0.15, 0.2) is 0 Å². The molecule has 7 heteroatoms. The molecule has 1 aromatic rings. The van der Waals surface area contributed by atoms with Crippen molar-refractivity contribution in [3.05, 3.63) is 39.4 Å². The third-order valence-corrected chi connectivity index (χ3v) is 3.93. The highest BCUT2D eigenvalue weighted by Gasteiger charge is 2.19. The smallest absolute Gasteiger partial charge is 0.272 e. The molecule has 1 N–H and O–H groups in total. The van der Waals surface area contributed by atoms with E-state index in [2.05, 4.69) is 5.32 Å². The molecule has 1 aliphatic heterocycles. The van der Waals surface area contributed by atoms with Crippen molar-refractivity contribution < 1.29 is 9.72 Å². The van der Waals surface area contributed by atoms with Gasteiger partial charge in [0.05, 0.1) is 11.5 Å². The minimum atomic E-state index is -0.370. The van der Waals surface area contributed by atoms with Crippen molar-refractivity contribution in [3.8, 4) is 0 Å². The van der Waals surface area contributed by atoms with Crippen molar-refractivity contribution in [2.75, 3.05) is 39.8 Å². The first-order valence-corrected chi connectivity index (χ1v) is 7.39. The fourth-order valence-corrected chi connectivity index (χ4v) is 2.63. The lowest BCUT2D eigenvalue weighted by Gasteiger charge is -2.29. The summed E-state index contributed by atoms with van der Waals surface area (Å²) in [7, 11) is 1.86. The van der Waals surface area contributed by atoms with Gasteiger partial charge in [0.2, 0.25) is 5.91 Å². The number of hydrogen-bond donors (Lipinski definition) is 1. The molecular weight excluding hydrogens is 284 g/mol. The summed E-state index contributed by atoms with van der Waals surface area (Å²) in [6.45, 7) is 5.73. The van der Waals surface area contributed by atoms with Gasteiger partial charge in [-0.3, -0.25) is 19.8 Å². The summed E-state index contributed by atoms with van der Waals surface area (Å²) in [4.78, 5) is 26.6. The first-order chi connectivity index (χ1) is 10.5. The zero-order chi connectivity index (χ0) is 16.1. The van der Waals surface area contributed by atoms with Crippen LogP contribution in [0.1, 0.15) is 11.1 Å². The molecule has 0 spiro atoms. The fraction of sp³-hybridized carbons (Fsp3) is 0.533. The number of carbonyl (C=O) groups is 1. The molecule has 22 heavy (non-hydrogen) atoms. The summed E-state index contributed by atoms with van der Waals surface area (Å²) in [6, 6.07) is 5.06. The van der Waals surface area contributed by atoms with Gasteiger partial charge in [-0.05, 0) is 19.5 Å². The standard InChI is InChI=1S/C15H22N4O3/c1-12-13(4-3-5-14(12)19(21)22)10-17(2)11-15(20)18-8-6-16-7-9-18/h3-5,16H,6-11H2,1-2H3. The number of rotatable bonds is 5. The van der Waals surface area contributed by atoms with Crippen molar-refractivity contribution in [2.45, 2.75) is 13.5 Å². The molecule has 1 fully saturated rings. The summed E-state index contributed by atoms with van der Waals surface area (Å²) < 4.78 is 0. The molecule has 0 radical (unpaired) electrons. The van der Waals surface area contributed by atoms with Gasteiger partial charge < -0.3 is 10.2 Å². The van der Waals surface area contributed by atoms with Gasteiger partial charge in [0.25, 0.3) is 5.69 Å². The van der Waals surface area contributed by atoms with Crippen molar-refractivity contribution in [3.63, 3.8) is 0 Å². The number of piperazine rings is 1. The summed E-state index contributed by atoms with van der Waals surface area (Å²) in [5.41, 5.74) is 1.66. The number of hydrogen-bond acceptors (Lipinski definition) is 5. The predicted octanol–water partition coefficient (Wildman–Crippen LogP) is 0.767. The fourth-order valence-electron chi connectivity index (χ4n) is 2.63. The van der Waals surface area contributed by atoms with Crippen LogP contribution < -0.4 is 5.32 Å². The van der Waals surface area contributed by atoms with Crippen LogP contribution in [0, 0.1) is 17.0 Å². The molecule has 0 aromatic heterocycles. The summed E-state index contributed by atoms with van der Waals surface area (Å²) in [5.74, 6) is 0.104. The first-order valence-electron chi connectivity index (χ1n) is 7.39. The Morgan fingerprint density at radius 3 is 2.73 bits per heavy atom. The molecule has 120 valence electrons. The molecule has 7 nitrogen and oxygen atoms in total. The van der Waals surface area contributed by atoms with Crippen LogP contribution >= 0.6 is 0 Å². The molecule has 2 rings (SSSR count). The zero-order valence-electron chi connectivity index (χ0n) is 13.0. The minimum absolute atomic E-state index is 0.104. The van der Waals surface area contributed by atoms with Crippen molar-refractivity contribution >= 4 is 11.6 Å². The van der Waals surface area contributed by atoms with E-state index in [9.17, 15) is 14.9 Å². The van der Waals surface area contributed by atoms with E-state index in [4.69, 9.17) is 0 Å². The van der Waals surface area contributed by atoms with Gasteiger partial charge in [0, 0.05) is 44.4 Å². The first kappa shape index (κ1) is 16.4. The van der Waals surface area contributed by atoms with Crippen LogP contribution in [0.2, 0.25) is 0 Å². The summed E-state index contributed by atoms with van der Waals surface area (Å²) >= 11 is 0. The Balaban J connectivity index is 1.97. The molecule has 0 unspecified atom stereocenters. The van der Waals surface area contributed by atoms with Gasteiger partial charge in [0.1, 0.15) is 0 Å². The van der Waals surface area contributed by atoms with E-state index >= 15 is 0 Å². The predicted molar refractivity (Wildman–Crippen MR) is 83.6 cm³/mol. The average molecular weight is 306 g/mol. The molecule has 1 aliphatic rings. The molecular formula is C15H22N4O3. The second-order valence-corrected chi connectivity index (χ2v) is 5.62. The normalized spacial score (nSPS) is 15.1. The maximum Gasteiger partial charge on any atom is 0.272 e. The van der Waals surface area contributed by atoms with Crippen LogP contribution in [0.5, 0.6) is 0 Å². The van der Waals surface area contributed by atoms with Gasteiger partial charge >= 0.3 is 0 Å². The molecule has 1 saturated heterocycles. The molecule has 1 amide bonds. The Morgan fingerprint density at radius 2 is 2.09 bits per heavy atom. The number of carbonyl (C=O) groups excluding carboxylic acids is 1. The van der Waals surface area contributed by atoms with Crippen LogP contribution in [0.3, 0.4) is 0 Å². The SMILES string of the molecule is Cc1c(CN(C)CC(=O)N2CCNCC2)cccc1[N+](=O)[O-]. The highest BCUT2D eigenvalue weighted by atomic mass is 16.6. The van der Waals surface area contributed by atoms with E-state index in [1.165, 1.54) is 6.07 Å². The van der Waals surface area contributed by atoms with E-state index in [1.807, 2.05) is 22.9 Å². The van der Waals surface area contributed by atoms with Crippen LogP contribution in [0.15, 0.2) is 18.2 Å². The van der Waals surface area contributed by atoms with Crippen molar-refractivity contribution in [1.29, 1.82) is 0 Å². The lowest BCUT2D eigenvalue weighted by Crippen LogP contribution is -2.49. The van der Waals surface area contributed by atoms with E-state index in [-0.39, 0.29) is 16.5 Å². The number of amides is 1. The molecule has 0 saturated carbocycles. The van der Waals surface area contributed by atoms with E-state index < -0.39 is 0 Å². The van der Waals surface area contributed by atoms with Crippen LogP contribution in [-0.2, 0) is 11.3 Å². The maximum atomic E-state index is 12.2. The molecule has 0 aliphatic carbocycles.